The van der Waals surface area contributed by atoms with Crippen LogP contribution in [0.5, 0.6) is 5.75 Å². The number of ether oxygens (including phenoxy) is 2. The molecule has 1 aromatic rings. The number of hydrazone groups is 1. The van der Waals surface area contributed by atoms with Gasteiger partial charge in [-0.15, -0.1) is 0 Å². The Morgan fingerprint density at radius 2 is 2.30 bits per heavy atom. The van der Waals surface area contributed by atoms with Crippen molar-refractivity contribution in [2.75, 3.05) is 20.3 Å². The van der Waals surface area contributed by atoms with Gasteiger partial charge in [-0.05, 0) is 12.5 Å². The van der Waals surface area contributed by atoms with Gasteiger partial charge in [0.2, 0.25) is 5.91 Å². The number of nitrogens with zero attached hydrogens (tertiary/aromatic N) is 2. The normalized spacial score (nSPS) is 22.2. The van der Waals surface area contributed by atoms with Crippen LogP contribution in [-0.2, 0) is 16.1 Å². The Morgan fingerprint density at radius 3 is 3.05 bits per heavy atom. The van der Waals surface area contributed by atoms with E-state index >= 15 is 0 Å². The molecule has 1 aromatic carbocycles. The van der Waals surface area contributed by atoms with Crippen LogP contribution < -0.4 is 4.74 Å². The third kappa shape index (κ3) is 2.54. The number of carbonyl (C=O) groups excluding carboxylic acids is 1. The van der Waals surface area contributed by atoms with Crippen LogP contribution in [0.2, 0.25) is 0 Å². The minimum atomic E-state index is 0.0535. The van der Waals surface area contributed by atoms with E-state index in [1.54, 1.807) is 12.1 Å². The fourth-order valence-corrected chi connectivity index (χ4v) is 2.63. The molecule has 3 rings (SSSR count). The summed E-state index contributed by atoms with van der Waals surface area (Å²) in [5, 5.41) is 6.03. The molecule has 5 heteroatoms. The standard InChI is InChI=1S/C15H18N2O3/c1-19-14-5-3-2-4-11(14)9-17-15(18)8-13(16-17)12-6-7-20-10-12/h2-5,12H,6-10H2,1H3. The van der Waals surface area contributed by atoms with Crippen molar-refractivity contribution in [3.63, 3.8) is 0 Å². The lowest BCUT2D eigenvalue weighted by molar-refractivity contribution is -0.129. The topological polar surface area (TPSA) is 51.1 Å². The zero-order valence-electron chi connectivity index (χ0n) is 11.5. The highest BCUT2D eigenvalue weighted by Crippen LogP contribution is 2.25. The summed E-state index contributed by atoms with van der Waals surface area (Å²) >= 11 is 0. The van der Waals surface area contributed by atoms with E-state index in [1.165, 1.54) is 0 Å². The summed E-state index contributed by atoms with van der Waals surface area (Å²) in [5.41, 5.74) is 1.93. The maximum atomic E-state index is 12.1. The summed E-state index contributed by atoms with van der Waals surface area (Å²) in [7, 11) is 1.63. The van der Waals surface area contributed by atoms with Crippen LogP contribution >= 0.6 is 0 Å². The molecule has 1 fully saturated rings. The van der Waals surface area contributed by atoms with Gasteiger partial charge in [0.25, 0.3) is 0 Å². The lowest BCUT2D eigenvalue weighted by Gasteiger charge is -2.14. The van der Waals surface area contributed by atoms with E-state index in [2.05, 4.69) is 5.10 Å². The number of benzene rings is 1. The number of rotatable bonds is 4. The van der Waals surface area contributed by atoms with Crippen LogP contribution in [0.3, 0.4) is 0 Å². The first-order valence-corrected chi connectivity index (χ1v) is 6.85. The molecule has 0 bridgehead atoms. The van der Waals surface area contributed by atoms with Crippen LogP contribution in [0, 0.1) is 5.92 Å². The van der Waals surface area contributed by atoms with Crippen molar-refractivity contribution in [2.45, 2.75) is 19.4 Å². The number of carbonyl (C=O) groups is 1. The van der Waals surface area contributed by atoms with Crippen molar-refractivity contribution in [2.24, 2.45) is 11.0 Å². The molecular formula is C15H18N2O3. The molecule has 2 aliphatic rings. The molecule has 0 saturated carbocycles. The van der Waals surface area contributed by atoms with Crippen molar-refractivity contribution >= 4 is 11.6 Å². The van der Waals surface area contributed by atoms with Crippen molar-refractivity contribution in [3.05, 3.63) is 29.8 Å². The third-order valence-corrected chi connectivity index (χ3v) is 3.78. The highest BCUT2D eigenvalue weighted by Gasteiger charge is 2.31. The second kappa shape index (κ2) is 5.63. The number of hydrogen-bond acceptors (Lipinski definition) is 4. The summed E-state index contributed by atoms with van der Waals surface area (Å²) in [4.78, 5) is 12.1. The molecule has 0 N–H and O–H groups in total. The fourth-order valence-electron chi connectivity index (χ4n) is 2.63. The number of hydrogen-bond donors (Lipinski definition) is 0. The van der Waals surface area contributed by atoms with Crippen LogP contribution in [-0.4, -0.2) is 37.0 Å². The highest BCUT2D eigenvalue weighted by molar-refractivity contribution is 6.06. The molecule has 0 radical (unpaired) electrons. The number of para-hydroxylation sites is 1. The van der Waals surface area contributed by atoms with E-state index in [-0.39, 0.29) is 5.91 Å². The lowest BCUT2D eigenvalue weighted by atomic mass is 10.0. The maximum absolute atomic E-state index is 12.1. The first kappa shape index (κ1) is 13.1. The van der Waals surface area contributed by atoms with E-state index in [0.29, 0.717) is 25.5 Å². The van der Waals surface area contributed by atoms with Gasteiger partial charge in [-0.25, -0.2) is 5.01 Å². The van der Waals surface area contributed by atoms with Gasteiger partial charge in [-0.3, -0.25) is 4.79 Å². The Bertz CT molecular complexity index is 536. The molecule has 2 aliphatic heterocycles. The third-order valence-electron chi connectivity index (χ3n) is 3.78. The molecule has 5 nitrogen and oxygen atoms in total. The fraction of sp³-hybridized carbons (Fsp3) is 0.467. The van der Waals surface area contributed by atoms with Gasteiger partial charge in [-0.2, -0.15) is 5.10 Å². The number of amides is 1. The van der Waals surface area contributed by atoms with Crippen LogP contribution in [0.1, 0.15) is 18.4 Å². The molecule has 0 spiro atoms. The smallest absolute Gasteiger partial charge is 0.248 e. The summed E-state index contributed by atoms with van der Waals surface area (Å²) < 4.78 is 10.7. The van der Waals surface area contributed by atoms with E-state index in [9.17, 15) is 4.79 Å². The second-order valence-electron chi connectivity index (χ2n) is 5.09. The average molecular weight is 274 g/mol. The van der Waals surface area contributed by atoms with Gasteiger partial charge in [0.1, 0.15) is 5.75 Å². The van der Waals surface area contributed by atoms with Crippen molar-refractivity contribution in [3.8, 4) is 5.75 Å². The van der Waals surface area contributed by atoms with Gasteiger partial charge in [0, 0.05) is 18.1 Å². The zero-order chi connectivity index (χ0) is 13.9. The summed E-state index contributed by atoms with van der Waals surface area (Å²) in [6.07, 6.45) is 1.39. The van der Waals surface area contributed by atoms with Crippen LogP contribution in [0.4, 0.5) is 0 Å². The van der Waals surface area contributed by atoms with E-state index < -0.39 is 0 Å². The molecule has 2 heterocycles. The average Bonchev–Trinajstić information content (AvgIpc) is 3.10. The predicted octanol–water partition coefficient (Wildman–Crippen LogP) is 1.82. The molecular weight excluding hydrogens is 256 g/mol. The molecule has 1 atom stereocenters. The Hall–Kier alpha value is -1.88. The SMILES string of the molecule is COc1ccccc1CN1N=C(C2CCOC2)CC1=O. The Kier molecular flexibility index (Phi) is 3.69. The van der Waals surface area contributed by atoms with Gasteiger partial charge in [-0.1, -0.05) is 18.2 Å². The first-order chi connectivity index (χ1) is 9.78. The van der Waals surface area contributed by atoms with Crippen molar-refractivity contribution < 1.29 is 14.3 Å². The zero-order valence-corrected chi connectivity index (χ0v) is 11.5. The molecule has 0 aliphatic carbocycles. The summed E-state index contributed by atoms with van der Waals surface area (Å²) in [6.45, 7) is 1.92. The molecule has 1 saturated heterocycles. The molecule has 1 unspecified atom stereocenters. The van der Waals surface area contributed by atoms with E-state index in [0.717, 1.165) is 30.1 Å². The molecule has 20 heavy (non-hydrogen) atoms. The van der Waals surface area contributed by atoms with Crippen LogP contribution in [0.15, 0.2) is 29.4 Å². The van der Waals surface area contributed by atoms with Crippen molar-refractivity contribution in [1.82, 2.24) is 5.01 Å². The molecule has 1 amide bonds. The Morgan fingerprint density at radius 1 is 1.45 bits per heavy atom. The van der Waals surface area contributed by atoms with Crippen molar-refractivity contribution in [1.29, 1.82) is 0 Å². The van der Waals surface area contributed by atoms with Crippen LogP contribution in [0.25, 0.3) is 0 Å². The number of methoxy groups -OCH3 is 1. The van der Waals surface area contributed by atoms with Gasteiger partial charge in [0.05, 0.1) is 32.4 Å². The molecule has 0 aromatic heterocycles. The predicted molar refractivity (Wildman–Crippen MR) is 74.5 cm³/mol. The largest absolute Gasteiger partial charge is 0.496 e. The summed E-state index contributed by atoms with van der Waals surface area (Å²) in [5.74, 6) is 1.15. The monoisotopic (exact) mass is 274 g/mol. The first-order valence-electron chi connectivity index (χ1n) is 6.85. The maximum Gasteiger partial charge on any atom is 0.248 e. The Labute approximate surface area is 118 Å². The molecule has 106 valence electrons. The minimum absolute atomic E-state index is 0.0535. The quantitative estimate of drug-likeness (QED) is 0.841. The Balaban J connectivity index is 1.75. The van der Waals surface area contributed by atoms with E-state index in [4.69, 9.17) is 9.47 Å². The van der Waals surface area contributed by atoms with Gasteiger partial charge >= 0.3 is 0 Å². The second-order valence-corrected chi connectivity index (χ2v) is 5.09. The van der Waals surface area contributed by atoms with Gasteiger partial charge in [0.15, 0.2) is 0 Å². The van der Waals surface area contributed by atoms with E-state index in [1.807, 2.05) is 24.3 Å². The highest BCUT2D eigenvalue weighted by atomic mass is 16.5. The van der Waals surface area contributed by atoms with Gasteiger partial charge < -0.3 is 9.47 Å². The minimum Gasteiger partial charge on any atom is -0.496 e. The summed E-state index contributed by atoms with van der Waals surface area (Å²) in [6, 6.07) is 7.70. The lowest BCUT2D eigenvalue weighted by Crippen LogP contribution is -2.20.